The van der Waals surface area contributed by atoms with Crippen LogP contribution in [0.2, 0.25) is 0 Å². The van der Waals surface area contributed by atoms with E-state index in [-0.39, 0.29) is 0 Å². The van der Waals surface area contributed by atoms with Gasteiger partial charge in [0.05, 0.1) is 12.2 Å². The normalized spacial score (nSPS) is 19.0. The van der Waals surface area contributed by atoms with Crippen LogP contribution in [-0.2, 0) is 6.54 Å². The van der Waals surface area contributed by atoms with Crippen molar-refractivity contribution in [3.05, 3.63) is 41.7 Å². The van der Waals surface area contributed by atoms with E-state index in [2.05, 4.69) is 20.2 Å². The van der Waals surface area contributed by atoms with E-state index in [0.29, 0.717) is 5.92 Å². The number of oxazole rings is 1. The molecule has 2 aromatic rings. The van der Waals surface area contributed by atoms with Crippen molar-refractivity contribution in [3.8, 4) is 0 Å². The number of anilines is 1. The SMILES string of the molecule is Cc1nc(CN2CC[C@@H](CNc3ccccn3)C2)oc1C. The number of pyridine rings is 1. The summed E-state index contributed by atoms with van der Waals surface area (Å²) in [7, 11) is 0. The number of nitrogens with zero attached hydrogens (tertiary/aromatic N) is 3. The van der Waals surface area contributed by atoms with Crippen molar-refractivity contribution in [2.24, 2.45) is 5.92 Å². The van der Waals surface area contributed by atoms with Crippen molar-refractivity contribution >= 4 is 5.82 Å². The van der Waals surface area contributed by atoms with Crippen LogP contribution < -0.4 is 5.32 Å². The van der Waals surface area contributed by atoms with E-state index in [1.807, 2.05) is 38.2 Å². The molecule has 1 aliphatic heterocycles. The molecular weight excluding hydrogens is 264 g/mol. The van der Waals surface area contributed by atoms with Gasteiger partial charge in [0.25, 0.3) is 0 Å². The van der Waals surface area contributed by atoms with Crippen molar-refractivity contribution in [3.63, 3.8) is 0 Å². The lowest BCUT2D eigenvalue weighted by Gasteiger charge is -2.14. The first-order valence-electron chi connectivity index (χ1n) is 7.51. The van der Waals surface area contributed by atoms with E-state index in [1.54, 1.807) is 0 Å². The fourth-order valence-corrected chi connectivity index (χ4v) is 2.74. The Kier molecular flexibility index (Phi) is 4.20. The van der Waals surface area contributed by atoms with Gasteiger partial charge in [0.2, 0.25) is 5.89 Å². The Hall–Kier alpha value is -1.88. The molecule has 5 heteroatoms. The zero-order valence-corrected chi connectivity index (χ0v) is 12.7. The summed E-state index contributed by atoms with van der Waals surface area (Å²) >= 11 is 0. The third-order valence-electron chi connectivity index (χ3n) is 4.04. The second-order valence-corrected chi connectivity index (χ2v) is 5.73. The molecule has 21 heavy (non-hydrogen) atoms. The molecule has 0 saturated carbocycles. The maximum atomic E-state index is 5.66. The highest BCUT2D eigenvalue weighted by molar-refractivity contribution is 5.33. The molecule has 1 atom stereocenters. The van der Waals surface area contributed by atoms with E-state index in [9.17, 15) is 0 Å². The van der Waals surface area contributed by atoms with Gasteiger partial charge >= 0.3 is 0 Å². The lowest BCUT2D eigenvalue weighted by molar-refractivity contribution is 0.279. The van der Waals surface area contributed by atoms with Gasteiger partial charge in [-0.15, -0.1) is 0 Å². The van der Waals surface area contributed by atoms with Gasteiger partial charge in [-0.1, -0.05) is 6.07 Å². The summed E-state index contributed by atoms with van der Waals surface area (Å²) in [4.78, 5) is 11.2. The van der Waals surface area contributed by atoms with E-state index in [1.165, 1.54) is 6.42 Å². The van der Waals surface area contributed by atoms with Gasteiger partial charge in [0.15, 0.2) is 0 Å². The van der Waals surface area contributed by atoms with Crippen LogP contribution in [0.1, 0.15) is 23.8 Å². The zero-order valence-electron chi connectivity index (χ0n) is 12.7. The molecule has 3 rings (SSSR count). The van der Waals surface area contributed by atoms with Gasteiger partial charge in [0, 0.05) is 19.3 Å². The van der Waals surface area contributed by atoms with E-state index >= 15 is 0 Å². The lowest BCUT2D eigenvalue weighted by atomic mass is 10.1. The average molecular weight is 286 g/mol. The summed E-state index contributed by atoms with van der Waals surface area (Å²) in [6.45, 7) is 7.93. The van der Waals surface area contributed by atoms with Gasteiger partial charge < -0.3 is 9.73 Å². The van der Waals surface area contributed by atoms with Gasteiger partial charge in [-0.05, 0) is 44.9 Å². The standard InChI is InChI=1S/C16H22N4O/c1-12-13(2)21-16(19-12)11-20-8-6-14(10-20)9-18-15-5-3-4-7-17-15/h3-5,7,14H,6,8-11H2,1-2H3,(H,17,18)/t14-/m0/s1. The lowest BCUT2D eigenvalue weighted by Crippen LogP contribution is -2.23. The quantitative estimate of drug-likeness (QED) is 0.915. The highest BCUT2D eigenvalue weighted by Crippen LogP contribution is 2.20. The summed E-state index contributed by atoms with van der Waals surface area (Å²) in [6.07, 6.45) is 3.02. The van der Waals surface area contributed by atoms with Crippen molar-refractivity contribution < 1.29 is 4.42 Å². The minimum Gasteiger partial charge on any atom is -0.444 e. The molecule has 0 spiro atoms. The Bertz CT molecular complexity index is 562. The Morgan fingerprint density at radius 2 is 2.29 bits per heavy atom. The largest absolute Gasteiger partial charge is 0.444 e. The maximum Gasteiger partial charge on any atom is 0.208 e. The molecule has 1 N–H and O–H groups in total. The molecule has 0 unspecified atom stereocenters. The number of likely N-dealkylation sites (tertiary alicyclic amines) is 1. The predicted molar refractivity (Wildman–Crippen MR) is 82.1 cm³/mol. The third-order valence-corrected chi connectivity index (χ3v) is 4.04. The minimum atomic E-state index is 0.657. The monoisotopic (exact) mass is 286 g/mol. The molecule has 2 aromatic heterocycles. The first kappa shape index (κ1) is 14.1. The molecule has 1 fully saturated rings. The fraction of sp³-hybridized carbons (Fsp3) is 0.500. The second kappa shape index (κ2) is 6.26. The fourth-order valence-electron chi connectivity index (χ4n) is 2.74. The molecule has 112 valence electrons. The number of hydrogen-bond donors (Lipinski definition) is 1. The summed E-state index contributed by atoms with van der Waals surface area (Å²) in [5.41, 5.74) is 0.998. The first-order chi connectivity index (χ1) is 10.2. The maximum absolute atomic E-state index is 5.66. The van der Waals surface area contributed by atoms with Crippen LogP contribution in [0, 0.1) is 19.8 Å². The molecule has 1 saturated heterocycles. The second-order valence-electron chi connectivity index (χ2n) is 5.73. The Labute approximate surface area is 125 Å². The number of aromatic nitrogens is 2. The third kappa shape index (κ3) is 3.61. The molecule has 1 aliphatic rings. The van der Waals surface area contributed by atoms with Crippen molar-refractivity contribution in [1.82, 2.24) is 14.9 Å². The van der Waals surface area contributed by atoms with Crippen molar-refractivity contribution in [2.45, 2.75) is 26.8 Å². The highest BCUT2D eigenvalue weighted by atomic mass is 16.4. The Balaban J connectivity index is 1.47. The molecular formula is C16H22N4O. The Morgan fingerprint density at radius 3 is 3.00 bits per heavy atom. The van der Waals surface area contributed by atoms with Crippen LogP contribution in [0.5, 0.6) is 0 Å². The van der Waals surface area contributed by atoms with Gasteiger partial charge in [-0.2, -0.15) is 0 Å². The van der Waals surface area contributed by atoms with E-state index in [4.69, 9.17) is 4.42 Å². The topological polar surface area (TPSA) is 54.2 Å². The first-order valence-corrected chi connectivity index (χ1v) is 7.51. The summed E-state index contributed by atoms with van der Waals surface area (Å²) in [6, 6.07) is 5.94. The molecule has 0 radical (unpaired) electrons. The molecule has 5 nitrogen and oxygen atoms in total. The predicted octanol–water partition coefficient (Wildman–Crippen LogP) is 2.62. The van der Waals surface area contributed by atoms with E-state index < -0.39 is 0 Å². The molecule has 0 aliphatic carbocycles. The Morgan fingerprint density at radius 1 is 1.38 bits per heavy atom. The number of hydrogen-bond acceptors (Lipinski definition) is 5. The van der Waals surface area contributed by atoms with Crippen molar-refractivity contribution in [2.75, 3.05) is 25.0 Å². The average Bonchev–Trinajstić information content (AvgIpc) is 3.05. The molecule has 0 amide bonds. The highest BCUT2D eigenvalue weighted by Gasteiger charge is 2.23. The van der Waals surface area contributed by atoms with Crippen LogP contribution in [0.25, 0.3) is 0 Å². The summed E-state index contributed by atoms with van der Waals surface area (Å²) in [5.74, 6) is 3.37. The van der Waals surface area contributed by atoms with Crippen LogP contribution in [0.3, 0.4) is 0 Å². The molecule has 0 bridgehead atoms. The number of rotatable bonds is 5. The van der Waals surface area contributed by atoms with Crippen LogP contribution in [0.4, 0.5) is 5.82 Å². The van der Waals surface area contributed by atoms with Gasteiger partial charge in [-0.3, -0.25) is 4.90 Å². The number of aryl methyl sites for hydroxylation is 2. The minimum absolute atomic E-state index is 0.657. The van der Waals surface area contributed by atoms with Crippen molar-refractivity contribution in [1.29, 1.82) is 0 Å². The van der Waals surface area contributed by atoms with Crippen LogP contribution in [0.15, 0.2) is 28.8 Å². The van der Waals surface area contributed by atoms with Crippen LogP contribution in [-0.4, -0.2) is 34.5 Å². The zero-order chi connectivity index (χ0) is 14.7. The van der Waals surface area contributed by atoms with E-state index in [0.717, 1.165) is 49.3 Å². The van der Waals surface area contributed by atoms with Crippen LogP contribution >= 0.6 is 0 Å². The van der Waals surface area contributed by atoms with Gasteiger partial charge in [0.1, 0.15) is 11.6 Å². The molecule has 3 heterocycles. The molecule has 0 aromatic carbocycles. The smallest absolute Gasteiger partial charge is 0.208 e. The summed E-state index contributed by atoms with van der Waals surface area (Å²) in [5, 5.41) is 3.41. The number of nitrogens with one attached hydrogen (secondary N) is 1. The summed E-state index contributed by atoms with van der Waals surface area (Å²) < 4.78 is 5.66. The van der Waals surface area contributed by atoms with Gasteiger partial charge in [-0.25, -0.2) is 9.97 Å².